The van der Waals surface area contributed by atoms with E-state index < -0.39 is 22.2 Å². The minimum Gasteiger partial charge on any atom is -0.494 e. The second-order valence-corrected chi connectivity index (χ2v) is 7.20. The summed E-state index contributed by atoms with van der Waals surface area (Å²) in [4.78, 5) is 39.8. The lowest BCUT2D eigenvalue weighted by Gasteiger charge is -2.10. The average Bonchev–Trinajstić information content (AvgIpc) is 3.15. The smallest absolute Gasteiger partial charge is 0.281 e. The summed E-state index contributed by atoms with van der Waals surface area (Å²) in [5.41, 5.74) is -0.134. The number of rotatable bonds is 5. The molecule has 4 aromatic rings. The van der Waals surface area contributed by atoms with E-state index in [1.165, 1.54) is 37.4 Å². The van der Waals surface area contributed by atoms with Crippen LogP contribution in [0.4, 0.5) is 15.2 Å². The maximum absolute atomic E-state index is 13.2. The van der Waals surface area contributed by atoms with Crippen LogP contribution in [-0.2, 0) is 0 Å². The molecule has 0 aliphatic heterocycles. The molecule has 12 heteroatoms. The van der Waals surface area contributed by atoms with Gasteiger partial charge >= 0.3 is 0 Å². The largest absolute Gasteiger partial charge is 0.494 e. The zero-order chi connectivity index (χ0) is 22.1. The van der Waals surface area contributed by atoms with Crippen molar-refractivity contribution in [2.75, 3.05) is 12.4 Å². The van der Waals surface area contributed by atoms with Crippen LogP contribution in [0.2, 0.25) is 0 Å². The number of nitrogens with zero attached hydrogens (tertiary/aromatic N) is 4. The van der Waals surface area contributed by atoms with Crippen molar-refractivity contribution in [1.82, 2.24) is 14.8 Å². The summed E-state index contributed by atoms with van der Waals surface area (Å²) in [6, 6.07) is 10.3. The van der Waals surface area contributed by atoms with Crippen LogP contribution in [-0.4, -0.2) is 32.7 Å². The average molecular weight is 441 g/mol. The molecule has 2 heterocycles. The molecular weight excluding hydrogens is 429 g/mol. The van der Waals surface area contributed by atoms with E-state index in [2.05, 4.69) is 15.4 Å². The van der Waals surface area contributed by atoms with Crippen molar-refractivity contribution in [3.05, 3.63) is 80.5 Å². The second-order valence-electron chi connectivity index (χ2n) is 6.17. The van der Waals surface area contributed by atoms with E-state index >= 15 is 0 Å². The van der Waals surface area contributed by atoms with Crippen molar-refractivity contribution >= 4 is 38.3 Å². The van der Waals surface area contributed by atoms with Crippen LogP contribution < -0.4 is 15.6 Å². The summed E-state index contributed by atoms with van der Waals surface area (Å²) in [6.45, 7) is 0. The minimum atomic E-state index is -0.707. The number of anilines is 1. The summed E-state index contributed by atoms with van der Waals surface area (Å²) in [6.07, 6.45) is 0. The van der Waals surface area contributed by atoms with Gasteiger partial charge in [-0.1, -0.05) is 11.3 Å². The zero-order valence-electron chi connectivity index (χ0n) is 15.7. The van der Waals surface area contributed by atoms with Crippen LogP contribution in [0, 0.1) is 15.9 Å². The number of carbonyl (C=O) groups is 1. The van der Waals surface area contributed by atoms with Gasteiger partial charge in [0.15, 0.2) is 16.6 Å². The third kappa shape index (κ3) is 3.96. The Morgan fingerprint density at radius 1 is 1.23 bits per heavy atom. The molecule has 0 spiro atoms. The number of benzene rings is 2. The summed E-state index contributed by atoms with van der Waals surface area (Å²) >= 11 is 1.04. The SMILES string of the molecule is COc1cc(=O)n(-c2ccc(F)cc2)nc1C(=O)Nc1nc2ccc([N+](=O)[O-])cc2s1. The molecule has 31 heavy (non-hydrogen) atoms. The Hall–Kier alpha value is -4.19. The molecule has 10 nitrogen and oxygen atoms in total. The first-order valence-electron chi connectivity index (χ1n) is 8.66. The number of ether oxygens (including phenoxy) is 1. The van der Waals surface area contributed by atoms with Crippen LogP contribution in [0.25, 0.3) is 15.9 Å². The molecule has 0 atom stereocenters. The van der Waals surface area contributed by atoms with Gasteiger partial charge in [0.1, 0.15) is 5.82 Å². The van der Waals surface area contributed by atoms with Gasteiger partial charge in [0.2, 0.25) is 0 Å². The predicted octanol–water partition coefficient (Wildman–Crippen LogP) is 3.15. The van der Waals surface area contributed by atoms with Gasteiger partial charge in [-0.25, -0.2) is 9.37 Å². The fourth-order valence-corrected chi connectivity index (χ4v) is 3.65. The number of nitrogens with one attached hydrogen (secondary N) is 1. The van der Waals surface area contributed by atoms with E-state index in [0.717, 1.165) is 34.2 Å². The number of hydrogen-bond donors (Lipinski definition) is 1. The molecule has 4 rings (SSSR count). The Balaban J connectivity index is 1.70. The van der Waals surface area contributed by atoms with Crippen LogP contribution in [0.1, 0.15) is 10.5 Å². The summed E-state index contributed by atoms with van der Waals surface area (Å²) in [5.74, 6) is -1.25. The van der Waals surface area contributed by atoms with E-state index in [4.69, 9.17) is 4.74 Å². The van der Waals surface area contributed by atoms with Crippen molar-refractivity contribution < 1.29 is 18.8 Å². The van der Waals surface area contributed by atoms with E-state index in [0.29, 0.717) is 10.2 Å². The van der Waals surface area contributed by atoms with Gasteiger partial charge in [-0.15, -0.1) is 0 Å². The van der Waals surface area contributed by atoms with Crippen molar-refractivity contribution in [3.8, 4) is 11.4 Å². The molecule has 2 aromatic heterocycles. The quantitative estimate of drug-likeness (QED) is 0.372. The highest BCUT2D eigenvalue weighted by molar-refractivity contribution is 7.22. The predicted molar refractivity (Wildman–Crippen MR) is 111 cm³/mol. The van der Waals surface area contributed by atoms with E-state index in [9.17, 15) is 24.1 Å². The Kier molecular flexibility index (Phi) is 5.13. The maximum atomic E-state index is 13.2. The van der Waals surface area contributed by atoms with Gasteiger partial charge in [0.05, 0.1) is 34.0 Å². The maximum Gasteiger partial charge on any atom is 0.281 e. The summed E-state index contributed by atoms with van der Waals surface area (Å²) < 4.78 is 19.8. The molecular formula is C19H12FN5O5S. The Morgan fingerprint density at radius 2 is 1.97 bits per heavy atom. The summed E-state index contributed by atoms with van der Waals surface area (Å²) in [7, 11) is 1.28. The monoisotopic (exact) mass is 441 g/mol. The number of hydrogen-bond acceptors (Lipinski definition) is 8. The molecule has 2 aromatic carbocycles. The van der Waals surface area contributed by atoms with Crippen LogP contribution in [0.5, 0.6) is 5.75 Å². The molecule has 0 aliphatic carbocycles. The molecule has 0 saturated heterocycles. The Morgan fingerprint density at radius 3 is 2.65 bits per heavy atom. The van der Waals surface area contributed by atoms with Crippen molar-refractivity contribution in [1.29, 1.82) is 0 Å². The Labute approximate surface area is 176 Å². The lowest BCUT2D eigenvalue weighted by Crippen LogP contribution is -2.26. The van der Waals surface area contributed by atoms with E-state index in [1.54, 1.807) is 0 Å². The molecule has 1 amide bonds. The van der Waals surface area contributed by atoms with Gasteiger partial charge in [-0.05, 0) is 30.3 Å². The lowest BCUT2D eigenvalue weighted by molar-refractivity contribution is -0.384. The molecule has 0 aliphatic rings. The molecule has 156 valence electrons. The molecule has 0 unspecified atom stereocenters. The van der Waals surface area contributed by atoms with Gasteiger partial charge in [0.25, 0.3) is 17.2 Å². The molecule has 1 N–H and O–H groups in total. The van der Waals surface area contributed by atoms with E-state index in [-0.39, 0.29) is 27.9 Å². The number of non-ortho nitro benzene ring substituents is 1. The van der Waals surface area contributed by atoms with Gasteiger partial charge < -0.3 is 4.74 Å². The van der Waals surface area contributed by atoms with E-state index in [1.807, 2.05) is 0 Å². The third-order valence-corrected chi connectivity index (χ3v) is 5.14. The number of nitro benzene ring substituents is 1. The van der Waals surface area contributed by atoms with Gasteiger partial charge in [-0.3, -0.25) is 25.0 Å². The topological polar surface area (TPSA) is 129 Å². The van der Waals surface area contributed by atoms with Crippen molar-refractivity contribution in [2.45, 2.75) is 0 Å². The molecule has 0 bridgehead atoms. The number of aromatic nitrogens is 3. The van der Waals surface area contributed by atoms with Gasteiger partial charge in [0, 0.05) is 12.1 Å². The minimum absolute atomic E-state index is 0.0578. The fraction of sp³-hybridized carbons (Fsp3) is 0.0526. The summed E-state index contributed by atoms with van der Waals surface area (Å²) in [5, 5.41) is 17.7. The second kappa shape index (κ2) is 7.91. The molecule has 0 saturated carbocycles. The highest BCUT2D eigenvalue weighted by atomic mass is 32.1. The van der Waals surface area contributed by atoms with Gasteiger partial charge in [-0.2, -0.15) is 9.78 Å². The number of halogens is 1. The molecule has 0 radical (unpaired) electrons. The zero-order valence-corrected chi connectivity index (χ0v) is 16.6. The number of methoxy groups -OCH3 is 1. The van der Waals surface area contributed by atoms with Crippen LogP contribution in [0.3, 0.4) is 0 Å². The first-order chi connectivity index (χ1) is 14.9. The normalized spacial score (nSPS) is 10.8. The number of carbonyl (C=O) groups excluding carboxylic acids is 1. The number of thiazole rings is 1. The number of fused-ring (bicyclic) bond motifs is 1. The standard InChI is InChI=1S/C19H12FN5O5S/c1-30-14-9-16(26)24(11-4-2-10(20)3-5-11)23-17(14)18(27)22-19-21-13-7-6-12(25(28)29)8-15(13)31-19/h2-9H,1H3,(H,21,22,27). The van der Waals surface area contributed by atoms with Crippen LogP contribution >= 0.6 is 11.3 Å². The van der Waals surface area contributed by atoms with Crippen LogP contribution in [0.15, 0.2) is 53.3 Å². The number of amides is 1. The van der Waals surface area contributed by atoms with Crippen molar-refractivity contribution in [2.24, 2.45) is 0 Å². The highest BCUT2D eigenvalue weighted by Gasteiger charge is 2.20. The first-order valence-corrected chi connectivity index (χ1v) is 9.48. The lowest BCUT2D eigenvalue weighted by atomic mass is 10.3. The fourth-order valence-electron chi connectivity index (χ4n) is 2.76. The molecule has 0 fully saturated rings. The number of nitro groups is 1. The third-order valence-electron chi connectivity index (χ3n) is 4.21. The first kappa shape index (κ1) is 20.1. The van der Waals surface area contributed by atoms with Crippen molar-refractivity contribution in [3.63, 3.8) is 0 Å². The Bertz CT molecular complexity index is 1380. The highest BCUT2D eigenvalue weighted by Crippen LogP contribution is 2.29.